The van der Waals surface area contributed by atoms with Crippen LogP contribution in [0.15, 0.2) is 0 Å². The topological polar surface area (TPSA) is 35.6 Å². The van der Waals surface area contributed by atoms with Crippen LogP contribution in [0, 0.1) is 0 Å². The van der Waals surface area contributed by atoms with Crippen molar-refractivity contribution in [2.45, 2.75) is 38.8 Å². The number of nitrogens with zero attached hydrogens (tertiary/aromatic N) is 2. The second-order valence-electron chi connectivity index (χ2n) is 4.65. The molecule has 0 bridgehead atoms. The van der Waals surface area contributed by atoms with Crippen LogP contribution in [0.5, 0.6) is 0 Å². The van der Waals surface area contributed by atoms with Crippen molar-refractivity contribution in [1.82, 2.24) is 15.1 Å². The van der Waals surface area contributed by atoms with Crippen molar-refractivity contribution >= 4 is 6.03 Å². The lowest BCUT2D eigenvalue weighted by atomic mass is 10.2. The molecule has 1 heterocycles. The zero-order valence-electron chi connectivity index (χ0n) is 9.70. The first-order chi connectivity index (χ1) is 7.20. The fourth-order valence-electron chi connectivity index (χ4n) is 2.14. The summed E-state index contributed by atoms with van der Waals surface area (Å²) >= 11 is 0. The minimum atomic E-state index is 0.139. The van der Waals surface area contributed by atoms with Crippen molar-refractivity contribution in [3.8, 4) is 0 Å². The number of nitrogens with one attached hydrogen (secondary N) is 1. The molecule has 2 fully saturated rings. The minimum absolute atomic E-state index is 0.139. The third kappa shape index (κ3) is 2.62. The molecule has 1 saturated heterocycles. The quantitative estimate of drug-likeness (QED) is 0.736. The van der Waals surface area contributed by atoms with Crippen LogP contribution in [-0.2, 0) is 0 Å². The third-order valence-electron chi connectivity index (χ3n) is 3.36. The summed E-state index contributed by atoms with van der Waals surface area (Å²) in [5, 5.41) is 3.05. The lowest BCUT2D eigenvalue weighted by Crippen LogP contribution is -2.55. The Morgan fingerprint density at radius 1 is 1.40 bits per heavy atom. The fourth-order valence-corrected chi connectivity index (χ4v) is 2.14. The molecule has 2 aliphatic rings. The molecule has 0 aromatic heterocycles. The summed E-state index contributed by atoms with van der Waals surface area (Å²) in [4.78, 5) is 16.2. The Hall–Kier alpha value is -0.770. The first kappa shape index (κ1) is 10.7. The normalized spacial score (nSPS) is 27.9. The van der Waals surface area contributed by atoms with Crippen LogP contribution >= 0.6 is 0 Å². The Morgan fingerprint density at radius 2 is 2.13 bits per heavy atom. The molecule has 1 aliphatic heterocycles. The number of likely N-dealkylation sites (N-methyl/N-ethyl adjacent to an activating group) is 1. The molecule has 0 aromatic carbocycles. The van der Waals surface area contributed by atoms with E-state index in [1.54, 1.807) is 0 Å². The first-order valence-electron chi connectivity index (χ1n) is 6.00. The molecule has 0 spiro atoms. The fraction of sp³-hybridized carbons (Fsp3) is 0.909. The monoisotopic (exact) mass is 211 g/mol. The van der Waals surface area contributed by atoms with Crippen LogP contribution in [0.25, 0.3) is 0 Å². The van der Waals surface area contributed by atoms with Gasteiger partial charge in [0, 0.05) is 31.7 Å². The number of amides is 2. The molecule has 86 valence electrons. The molecule has 1 saturated carbocycles. The Balaban J connectivity index is 1.81. The van der Waals surface area contributed by atoms with Crippen LogP contribution in [0.2, 0.25) is 0 Å². The highest BCUT2D eigenvalue weighted by Gasteiger charge is 2.29. The zero-order valence-corrected chi connectivity index (χ0v) is 9.70. The number of piperazine rings is 1. The number of hydrogen-bond donors (Lipinski definition) is 1. The average Bonchev–Trinajstić information content (AvgIpc) is 3.01. The summed E-state index contributed by atoms with van der Waals surface area (Å²) in [5.74, 6) is 0. The van der Waals surface area contributed by atoms with Gasteiger partial charge in [-0.3, -0.25) is 4.90 Å². The van der Waals surface area contributed by atoms with Gasteiger partial charge in [-0.2, -0.15) is 0 Å². The van der Waals surface area contributed by atoms with Crippen LogP contribution in [0.4, 0.5) is 4.79 Å². The predicted octanol–water partition coefficient (Wildman–Crippen LogP) is 0.884. The molecule has 1 N–H and O–H groups in total. The van der Waals surface area contributed by atoms with E-state index in [4.69, 9.17) is 0 Å². The van der Waals surface area contributed by atoms with Gasteiger partial charge in [-0.05, 0) is 26.3 Å². The van der Waals surface area contributed by atoms with Crippen molar-refractivity contribution < 1.29 is 4.79 Å². The molecule has 4 heteroatoms. The lowest BCUT2D eigenvalue weighted by Gasteiger charge is -2.39. The van der Waals surface area contributed by atoms with Gasteiger partial charge in [-0.15, -0.1) is 0 Å². The molecule has 1 aliphatic carbocycles. The van der Waals surface area contributed by atoms with E-state index >= 15 is 0 Å². The van der Waals surface area contributed by atoms with E-state index in [1.807, 2.05) is 4.90 Å². The van der Waals surface area contributed by atoms with E-state index in [-0.39, 0.29) is 6.03 Å². The average molecular weight is 211 g/mol. The van der Waals surface area contributed by atoms with Gasteiger partial charge in [0.2, 0.25) is 0 Å². The van der Waals surface area contributed by atoms with Crippen LogP contribution < -0.4 is 5.32 Å². The number of carbonyl (C=O) groups excluding carboxylic acids is 1. The van der Waals surface area contributed by atoms with Gasteiger partial charge in [-0.1, -0.05) is 6.92 Å². The van der Waals surface area contributed by atoms with E-state index in [2.05, 4.69) is 24.1 Å². The molecule has 4 nitrogen and oxygen atoms in total. The SMILES string of the molecule is CCN1CCN(C(=O)NC2CC2)CC1C. The van der Waals surface area contributed by atoms with Gasteiger partial charge >= 0.3 is 6.03 Å². The summed E-state index contributed by atoms with van der Waals surface area (Å²) in [5.41, 5.74) is 0. The number of urea groups is 1. The Morgan fingerprint density at radius 3 is 2.67 bits per heavy atom. The maximum atomic E-state index is 11.8. The van der Waals surface area contributed by atoms with Crippen molar-refractivity contribution in [1.29, 1.82) is 0 Å². The Labute approximate surface area is 91.6 Å². The van der Waals surface area contributed by atoms with Crippen molar-refractivity contribution in [3.63, 3.8) is 0 Å². The van der Waals surface area contributed by atoms with Gasteiger partial charge in [0.25, 0.3) is 0 Å². The van der Waals surface area contributed by atoms with Gasteiger partial charge in [-0.25, -0.2) is 4.79 Å². The third-order valence-corrected chi connectivity index (χ3v) is 3.36. The van der Waals surface area contributed by atoms with E-state index in [9.17, 15) is 4.79 Å². The van der Waals surface area contributed by atoms with Gasteiger partial charge in [0.05, 0.1) is 0 Å². The summed E-state index contributed by atoms with van der Waals surface area (Å²) in [6, 6.07) is 1.10. The van der Waals surface area contributed by atoms with E-state index < -0.39 is 0 Å². The number of carbonyl (C=O) groups is 1. The molecule has 15 heavy (non-hydrogen) atoms. The second kappa shape index (κ2) is 4.39. The summed E-state index contributed by atoms with van der Waals surface area (Å²) in [6.45, 7) is 8.20. The molecule has 2 rings (SSSR count). The first-order valence-corrected chi connectivity index (χ1v) is 6.00. The van der Waals surface area contributed by atoms with Crippen molar-refractivity contribution in [3.05, 3.63) is 0 Å². The van der Waals surface area contributed by atoms with Crippen molar-refractivity contribution in [2.24, 2.45) is 0 Å². The highest BCUT2D eigenvalue weighted by Crippen LogP contribution is 2.19. The van der Waals surface area contributed by atoms with E-state index in [1.165, 1.54) is 0 Å². The highest BCUT2D eigenvalue weighted by atomic mass is 16.2. The Kier molecular flexibility index (Phi) is 3.14. The van der Waals surface area contributed by atoms with E-state index in [0.29, 0.717) is 12.1 Å². The van der Waals surface area contributed by atoms with Gasteiger partial charge < -0.3 is 10.2 Å². The molecular weight excluding hydrogens is 190 g/mol. The van der Waals surface area contributed by atoms with Crippen LogP contribution in [-0.4, -0.2) is 54.1 Å². The summed E-state index contributed by atoms with van der Waals surface area (Å²) in [7, 11) is 0. The smallest absolute Gasteiger partial charge is 0.317 e. The van der Waals surface area contributed by atoms with Crippen LogP contribution in [0.3, 0.4) is 0 Å². The molecule has 2 amide bonds. The molecular formula is C11H21N3O. The second-order valence-corrected chi connectivity index (χ2v) is 4.65. The molecule has 1 unspecified atom stereocenters. The molecule has 0 radical (unpaired) electrons. The molecule has 0 aromatic rings. The number of rotatable bonds is 2. The largest absolute Gasteiger partial charge is 0.335 e. The Bertz CT molecular complexity index is 240. The lowest BCUT2D eigenvalue weighted by molar-refractivity contribution is 0.102. The zero-order chi connectivity index (χ0) is 10.8. The van der Waals surface area contributed by atoms with Gasteiger partial charge in [0.1, 0.15) is 0 Å². The molecule has 1 atom stereocenters. The van der Waals surface area contributed by atoms with Crippen LogP contribution in [0.1, 0.15) is 26.7 Å². The number of hydrogen-bond acceptors (Lipinski definition) is 2. The maximum absolute atomic E-state index is 11.8. The predicted molar refractivity (Wildman–Crippen MR) is 59.8 cm³/mol. The maximum Gasteiger partial charge on any atom is 0.317 e. The standard InChI is InChI=1S/C11H21N3O/c1-3-13-6-7-14(8-9(13)2)11(15)12-10-4-5-10/h9-10H,3-8H2,1-2H3,(H,12,15). The summed E-state index contributed by atoms with van der Waals surface area (Å²) in [6.07, 6.45) is 2.33. The van der Waals surface area contributed by atoms with Gasteiger partial charge in [0.15, 0.2) is 0 Å². The minimum Gasteiger partial charge on any atom is -0.335 e. The van der Waals surface area contributed by atoms with E-state index in [0.717, 1.165) is 39.0 Å². The highest BCUT2D eigenvalue weighted by molar-refractivity contribution is 5.75. The summed E-state index contributed by atoms with van der Waals surface area (Å²) < 4.78 is 0. The van der Waals surface area contributed by atoms with Crippen molar-refractivity contribution in [2.75, 3.05) is 26.2 Å².